The fourth-order valence-electron chi connectivity index (χ4n) is 3.25. The molecule has 0 radical (unpaired) electrons. The fraction of sp³-hybridized carbons (Fsp3) is 0.160. The minimum Gasteiger partial charge on any atom is -0.497 e. The summed E-state index contributed by atoms with van der Waals surface area (Å²) in [5.41, 5.74) is 8.14. The minimum atomic E-state index is -0.394. The highest BCUT2D eigenvalue weighted by Gasteiger charge is 2.09. The molecular weight excluding hydrogens is 432 g/mol. The molecule has 1 aromatic heterocycles. The molecule has 0 unspecified atom stereocenters. The first-order chi connectivity index (χ1) is 16.6. The van der Waals surface area contributed by atoms with E-state index in [0.29, 0.717) is 24.4 Å². The van der Waals surface area contributed by atoms with Crippen molar-refractivity contribution in [3.63, 3.8) is 0 Å². The Labute approximate surface area is 196 Å². The summed E-state index contributed by atoms with van der Waals surface area (Å²) >= 11 is 0. The molecule has 0 aliphatic heterocycles. The number of benzene rings is 3. The third-order valence-corrected chi connectivity index (χ3v) is 5.14. The first kappa shape index (κ1) is 22.7. The van der Waals surface area contributed by atoms with Crippen LogP contribution in [0.3, 0.4) is 0 Å². The Bertz CT molecular complexity index is 1240. The summed E-state index contributed by atoms with van der Waals surface area (Å²) in [6, 6.07) is 24.1. The van der Waals surface area contributed by atoms with Crippen molar-refractivity contribution in [1.29, 1.82) is 0 Å². The third kappa shape index (κ3) is 6.04. The number of ether oxygens (including phenoxy) is 1. The van der Waals surface area contributed by atoms with Gasteiger partial charge < -0.3 is 4.74 Å². The molecule has 3 aromatic carbocycles. The highest BCUT2D eigenvalue weighted by molar-refractivity contribution is 5.95. The van der Waals surface area contributed by atoms with E-state index in [4.69, 9.17) is 4.74 Å². The van der Waals surface area contributed by atoms with Crippen LogP contribution in [0.5, 0.6) is 5.75 Å². The van der Waals surface area contributed by atoms with Crippen LogP contribution >= 0.6 is 0 Å². The van der Waals surface area contributed by atoms with E-state index in [1.54, 1.807) is 19.2 Å². The number of amides is 2. The second-order valence-corrected chi connectivity index (χ2v) is 7.56. The number of carbonyl (C=O) groups excluding carboxylic acids is 2. The lowest BCUT2D eigenvalue weighted by atomic mass is 10.1. The molecule has 0 aliphatic carbocycles. The van der Waals surface area contributed by atoms with Gasteiger partial charge in [-0.25, -0.2) is 0 Å². The predicted octanol–water partition coefficient (Wildman–Crippen LogP) is 2.79. The fourth-order valence-corrected chi connectivity index (χ4v) is 3.25. The summed E-state index contributed by atoms with van der Waals surface area (Å²) in [6.45, 7) is 0.420. The Hall–Kier alpha value is -4.53. The lowest BCUT2D eigenvalue weighted by Crippen LogP contribution is -2.41. The van der Waals surface area contributed by atoms with Gasteiger partial charge in [0.25, 0.3) is 5.91 Å². The van der Waals surface area contributed by atoms with Crippen molar-refractivity contribution in [2.45, 2.75) is 19.4 Å². The van der Waals surface area contributed by atoms with Crippen LogP contribution in [-0.2, 0) is 17.8 Å². The maximum absolute atomic E-state index is 12.3. The number of tetrazole rings is 1. The topological polar surface area (TPSA) is 111 Å². The Balaban J connectivity index is 1.24. The van der Waals surface area contributed by atoms with Gasteiger partial charge in [0.15, 0.2) is 0 Å². The smallest absolute Gasteiger partial charge is 0.269 e. The van der Waals surface area contributed by atoms with Gasteiger partial charge in [0, 0.05) is 17.5 Å². The molecule has 0 spiro atoms. The zero-order valence-electron chi connectivity index (χ0n) is 18.6. The lowest BCUT2D eigenvalue weighted by Gasteiger charge is -2.08. The second kappa shape index (κ2) is 10.9. The summed E-state index contributed by atoms with van der Waals surface area (Å²) < 4.78 is 5.12. The SMILES string of the molecule is COc1ccc(CCC(=O)NNC(=O)c2ccc(Cn3nnc(-c4ccccc4)n3)cc2)cc1. The van der Waals surface area contributed by atoms with Crippen molar-refractivity contribution in [1.82, 2.24) is 31.1 Å². The van der Waals surface area contributed by atoms with Crippen LogP contribution < -0.4 is 15.6 Å². The van der Waals surface area contributed by atoms with Gasteiger partial charge in [-0.3, -0.25) is 20.4 Å². The van der Waals surface area contributed by atoms with Crippen LogP contribution in [0, 0.1) is 0 Å². The van der Waals surface area contributed by atoms with Gasteiger partial charge in [-0.15, -0.1) is 10.2 Å². The van der Waals surface area contributed by atoms with Crippen molar-refractivity contribution in [2.24, 2.45) is 0 Å². The van der Waals surface area contributed by atoms with E-state index in [0.717, 1.165) is 22.4 Å². The van der Waals surface area contributed by atoms with Gasteiger partial charge >= 0.3 is 0 Å². The van der Waals surface area contributed by atoms with E-state index in [9.17, 15) is 9.59 Å². The molecule has 9 heteroatoms. The van der Waals surface area contributed by atoms with Gasteiger partial charge in [0.05, 0.1) is 13.7 Å². The summed E-state index contributed by atoms with van der Waals surface area (Å²) in [5, 5.41) is 12.6. The molecule has 2 amide bonds. The lowest BCUT2D eigenvalue weighted by molar-refractivity contribution is -0.121. The molecule has 1 heterocycles. The molecular formula is C25H24N6O3. The van der Waals surface area contributed by atoms with Crippen molar-refractivity contribution >= 4 is 11.8 Å². The largest absolute Gasteiger partial charge is 0.497 e. The van der Waals surface area contributed by atoms with E-state index in [1.165, 1.54) is 4.80 Å². The first-order valence-corrected chi connectivity index (χ1v) is 10.7. The number of hydrogen-bond donors (Lipinski definition) is 2. The first-order valence-electron chi connectivity index (χ1n) is 10.7. The van der Waals surface area contributed by atoms with Crippen molar-refractivity contribution in [3.05, 3.63) is 95.6 Å². The quantitative estimate of drug-likeness (QED) is 0.395. The van der Waals surface area contributed by atoms with Crippen LogP contribution in [0.2, 0.25) is 0 Å². The molecule has 34 heavy (non-hydrogen) atoms. The number of hydrazine groups is 1. The van der Waals surface area contributed by atoms with Crippen molar-refractivity contribution in [3.8, 4) is 17.1 Å². The molecule has 0 fully saturated rings. The molecule has 0 atom stereocenters. The van der Waals surface area contributed by atoms with Crippen LogP contribution in [0.4, 0.5) is 0 Å². The minimum absolute atomic E-state index is 0.251. The average molecular weight is 457 g/mol. The molecule has 4 rings (SSSR count). The monoisotopic (exact) mass is 456 g/mol. The molecule has 172 valence electrons. The number of rotatable bonds is 8. The molecule has 0 saturated carbocycles. The maximum atomic E-state index is 12.3. The molecule has 2 N–H and O–H groups in total. The number of nitrogens with zero attached hydrogens (tertiary/aromatic N) is 4. The molecule has 0 saturated heterocycles. The van der Waals surface area contributed by atoms with Gasteiger partial charge in [-0.1, -0.05) is 54.6 Å². The highest BCUT2D eigenvalue weighted by Crippen LogP contribution is 2.13. The Morgan fingerprint density at radius 3 is 2.29 bits per heavy atom. The molecule has 0 bridgehead atoms. The summed E-state index contributed by atoms with van der Waals surface area (Å²) in [5.74, 6) is 0.655. The number of methoxy groups -OCH3 is 1. The molecule has 9 nitrogen and oxygen atoms in total. The van der Waals surface area contributed by atoms with Gasteiger partial charge in [0.2, 0.25) is 11.7 Å². The predicted molar refractivity (Wildman–Crippen MR) is 126 cm³/mol. The Morgan fingerprint density at radius 2 is 1.59 bits per heavy atom. The maximum Gasteiger partial charge on any atom is 0.269 e. The van der Waals surface area contributed by atoms with E-state index in [1.807, 2.05) is 66.7 Å². The van der Waals surface area contributed by atoms with E-state index in [-0.39, 0.29) is 12.3 Å². The van der Waals surface area contributed by atoms with Crippen LogP contribution in [0.1, 0.15) is 27.9 Å². The second-order valence-electron chi connectivity index (χ2n) is 7.56. The van der Waals surface area contributed by atoms with Crippen molar-refractivity contribution < 1.29 is 14.3 Å². The Morgan fingerprint density at radius 1 is 0.882 bits per heavy atom. The van der Waals surface area contributed by atoms with Gasteiger partial charge in [-0.2, -0.15) is 4.80 Å². The third-order valence-electron chi connectivity index (χ3n) is 5.14. The Kier molecular flexibility index (Phi) is 7.24. The zero-order chi connectivity index (χ0) is 23.8. The number of nitrogens with one attached hydrogen (secondary N) is 2. The number of aromatic nitrogens is 4. The van der Waals surface area contributed by atoms with Gasteiger partial charge in [-0.05, 0) is 47.0 Å². The normalized spacial score (nSPS) is 10.5. The zero-order valence-corrected chi connectivity index (χ0v) is 18.6. The molecule has 0 aliphatic rings. The summed E-state index contributed by atoms with van der Waals surface area (Å²) in [6.07, 6.45) is 0.810. The van der Waals surface area contributed by atoms with Crippen LogP contribution in [-0.4, -0.2) is 39.1 Å². The molecule has 4 aromatic rings. The van der Waals surface area contributed by atoms with E-state index < -0.39 is 5.91 Å². The van der Waals surface area contributed by atoms with Crippen LogP contribution in [0.25, 0.3) is 11.4 Å². The van der Waals surface area contributed by atoms with Crippen molar-refractivity contribution in [2.75, 3.05) is 7.11 Å². The van der Waals surface area contributed by atoms with Crippen LogP contribution in [0.15, 0.2) is 78.9 Å². The average Bonchev–Trinajstić information content (AvgIpc) is 3.36. The number of hydrogen-bond acceptors (Lipinski definition) is 6. The summed E-state index contributed by atoms with van der Waals surface area (Å²) in [7, 11) is 1.61. The summed E-state index contributed by atoms with van der Waals surface area (Å²) in [4.78, 5) is 25.9. The highest BCUT2D eigenvalue weighted by atomic mass is 16.5. The number of carbonyl (C=O) groups is 2. The standard InChI is InChI=1S/C25H24N6O3/c1-34-22-14-9-18(10-15-22)11-16-23(32)26-28-25(33)21-12-7-19(8-13-21)17-31-29-24(27-30-31)20-5-3-2-4-6-20/h2-10,12-15H,11,16-17H2,1H3,(H,26,32)(H,28,33). The van der Waals surface area contributed by atoms with E-state index in [2.05, 4.69) is 26.3 Å². The number of aryl methyl sites for hydroxylation is 1. The van der Waals surface area contributed by atoms with E-state index >= 15 is 0 Å². The van der Waals surface area contributed by atoms with Gasteiger partial charge in [0.1, 0.15) is 5.75 Å².